The third-order valence-electron chi connectivity index (χ3n) is 3.22. The number of aromatic nitrogens is 1. The van der Waals surface area contributed by atoms with Crippen LogP contribution >= 0.6 is 0 Å². The molecule has 0 radical (unpaired) electrons. The van der Waals surface area contributed by atoms with E-state index in [4.69, 9.17) is 4.74 Å². The van der Waals surface area contributed by atoms with Crippen LogP contribution in [-0.2, 0) is 9.84 Å². The van der Waals surface area contributed by atoms with E-state index in [9.17, 15) is 8.42 Å². The first-order valence-electron chi connectivity index (χ1n) is 6.36. The van der Waals surface area contributed by atoms with Gasteiger partial charge in [-0.1, -0.05) is 18.2 Å². The Morgan fingerprint density at radius 2 is 1.62 bits per heavy atom. The molecule has 0 atom stereocenters. The van der Waals surface area contributed by atoms with Crippen LogP contribution in [0.4, 0.5) is 0 Å². The molecule has 3 rings (SSSR count). The Bertz CT molecular complexity index is 887. The maximum Gasteiger partial charge on any atom is 0.223 e. The molecular weight excluding hydrogens is 286 g/mol. The van der Waals surface area contributed by atoms with E-state index in [1.54, 1.807) is 24.3 Å². The van der Waals surface area contributed by atoms with Crippen molar-refractivity contribution in [2.24, 2.45) is 0 Å². The molecule has 0 spiro atoms. The lowest BCUT2D eigenvalue weighted by atomic mass is 10.2. The molecule has 0 aliphatic heterocycles. The fourth-order valence-electron chi connectivity index (χ4n) is 2.07. The van der Waals surface area contributed by atoms with Crippen LogP contribution in [-0.4, -0.2) is 20.5 Å². The van der Waals surface area contributed by atoms with Crippen LogP contribution in [0.15, 0.2) is 70.6 Å². The summed E-state index contributed by atoms with van der Waals surface area (Å²) in [5.74, 6) is 0.612. The smallest absolute Gasteiger partial charge is 0.223 e. The molecule has 0 N–H and O–H groups in total. The zero-order valence-electron chi connectivity index (χ0n) is 11.4. The van der Waals surface area contributed by atoms with Gasteiger partial charge in [-0.15, -0.1) is 0 Å². The van der Waals surface area contributed by atoms with E-state index >= 15 is 0 Å². The summed E-state index contributed by atoms with van der Waals surface area (Å²) in [5, 5.41) is 0.956. The van der Waals surface area contributed by atoms with Gasteiger partial charge in [0.05, 0.1) is 17.5 Å². The van der Waals surface area contributed by atoms with Gasteiger partial charge < -0.3 is 4.74 Å². The molecule has 0 aliphatic rings. The van der Waals surface area contributed by atoms with Crippen molar-refractivity contribution >= 4 is 20.7 Å². The van der Waals surface area contributed by atoms with E-state index in [0.29, 0.717) is 11.3 Å². The van der Waals surface area contributed by atoms with Gasteiger partial charge in [-0.3, -0.25) is 0 Å². The van der Waals surface area contributed by atoms with Gasteiger partial charge in [0.1, 0.15) is 5.75 Å². The van der Waals surface area contributed by atoms with Crippen LogP contribution in [0.1, 0.15) is 0 Å². The van der Waals surface area contributed by atoms with Gasteiger partial charge in [0.15, 0.2) is 5.03 Å². The molecule has 0 saturated carbocycles. The number of pyridine rings is 1. The number of ether oxygens (including phenoxy) is 1. The minimum Gasteiger partial charge on any atom is -0.497 e. The van der Waals surface area contributed by atoms with E-state index in [2.05, 4.69) is 4.98 Å². The zero-order valence-corrected chi connectivity index (χ0v) is 12.2. The summed E-state index contributed by atoms with van der Waals surface area (Å²) in [6.07, 6.45) is 0. The van der Waals surface area contributed by atoms with Crippen molar-refractivity contribution in [2.75, 3.05) is 7.11 Å². The lowest BCUT2D eigenvalue weighted by Gasteiger charge is -2.06. The highest BCUT2D eigenvalue weighted by Gasteiger charge is 2.19. The highest BCUT2D eigenvalue weighted by molar-refractivity contribution is 7.91. The fraction of sp³-hybridized carbons (Fsp3) is 0.0625. The molecule has 106 valence electrons. The van der Waals surface area contributed by atoms with E-state index in [-0.39, 0.29) is 9.92 Å². The number of sulfone groups is 1. The quantitative estimate of drug-likeness (QED) is 0.746. The third-order valence-corrected chi connectivity index (χ3v) is 4.89. The van der Waals surface area contributed by atoms with Crippen LogP contribution in [0.3, 0.4) is 0 Å². The van der Waals surface area contributed by atoms with Crippen molar-refractivity contribution in [3.8, 4) is 5.75 Å². The van der Waals surface area contributed by atoms with Crippen LogP contribution in [0.25, 0.3) is 10.9 Å². The highest BCUT2D eigenvalue weighted by atomic mass is 32.2. The number of nitrogens with zero attached hydrogens (tertiary/aromatic N) is 1. The first kappa shape index (κ1) is 13.6. The normalized spacial score (nSPS) is 11.5. The molecule has 2 aromatic carbocycles. The molecule has 1 heterocycles. The van der Waals surface area contributed by atoms with E-state index in [0.717, 1.165) is 5.39 Å². The van der Waals surface area contributed by atoms with Crippen LogP contribution < -0.4 is 4.74 Å². The summed E-state index contributed by atoms with van der Waals surface area (Å²) in [5.41, 5.74) is 0.659. The molecule has 0 bridgehead atoms. The molecule has 5 heteroatoms. The van der Waals surface area contributed by atoms with Crippen molar-refractivity contribution in [2.45, 2.75) is 9.92 Å². The summed E-state index contributed by atoms with van der Waals surface area (Å²) in [4.78, 5) is 4.45. The van der Waals surface area contributed by atoms with Gasteiger partial charge in [0.2, 0.25) is 9.84 Å². The average molecular weight is 299 g/mol. The van der Waals surface area contributed by atoms with Crippen LogP contribution in [0, 0.1) is 0 Å². The standard InChI is InChI=1S/C16H13NO3S/c1-20-13-7-9-14(10-8-13)21(18,19)16-11-6-12-4-2-3-5-15(12)17-16/h2-11H,1H3. The number of fused-ring (bicyclic) bond motifs is 1. The topological polar surface area (TPSA) is 56.3 Å². The molecule has 4 nitrogen and oxygen atoms in total. The summed E-state index contributed by atoms with van der Waals surface area (Å²) in [6.45, 7) is 0. The Balaban J connectivity index is 2.10. The van der Waals surface area contributed by atoms with E-state index < -0.39 is 9.84 Å². The number of para-hydroxylation sites is 1. The third kappa shape index (κ3) is 2.48. The Morgan fingerprint density at radius 1 is 0.905 bits per heavy atom. The lowest BCUT2D eigenvalue weighted by Crippen LogP contribution is -2.04. The van der Waals surface area contributed by atoms with Crippen molar-refractivity contribution in [3.05, 3.63) is 60.7 Å². The first-order valence-corrected chi connectivity index (χ1v) is 7.84. The fourth-order valence-corrected chi connectivity index (χ4v) is 3.27. The number of hydrogen-bond acceptors (Lipinski definition) is 4. The van der Waals surface area contributed by atoms with E-state index in [1.165, 1.54) is 25.3 Å². The molecular formula is C16H13NO3S. The highest BCUT2D eigenvalue weighted by Crippen LogP contribution is 2.23. The second kappa shape index (κ2) is 5.18. The minimum atomic E-state index is -3.62. The van der Waals surface area contributed by atoms with Gasteiger partial charge >= 0.3 is 0 Å². The predicted molar refractivity (Wildman–Crippen MR) is 80.2 cm³/mol. The van der Waals surface area contributed by atoms with Gasteiger partial charge in [0.25, 0.3) is 0 Å². The molecule has 3 aromatic rings. The second-order valence-corrected chi connectivity index (χ2v) is 6.42. The monoisotopic (exact) mass is 299 g/mol. The first-order chi connectivity index (χ1) is 10.1. The summed E-state index contributed by atoms with van der Waals surface area (Å²) < 4.78 is 30.2. The van der Waals surface area contributed by atoms with E-state index in [1.807, 2.05) is 18.2 Å². The molecule has 0 amide bonds. The number of hydrogen-bond donors (Lipinski definition) is 0. The maximum atomic E-state index is 12.6. The summed E-state index contributed by atoms with van der Waals surface area (Å²) in [6, 6.07) is 17.0. The Morgan fingerprint density at radius 3 is 2.33 bits per heavy atom. The Hall–Kier alpha value is -2.40. The van der Waals surface area contributed by atoms with Gasteiger partial charge in [-0.05, 0) is 42.5 Å². The SMILES string of the molecule is COc1ccc(S(=O)(=O)c2ccc3ccccc3n2)cc1. The molecule has 0 saturated heterocycles. The second-order valence-electron chi connectivity index (χ2n) is 4.52. The zero-order chi connectivity index (χ0) is 14.9. The Labute approximate surface area is 122 Å². The van der Waals surface area contributed by atoms with Gasteiger partial charge in [0, 0.05) is 5.39 Å². The van der Waals surface area contributed by atoms with Crippen molar-refractivity contribution in [1.82, 2.24) is 4.98 Å². The molecule has 1 aromatic heterocycles. The maximum absolute atomic E-state index is 12.6. The summed E-state index contributed by atoms with van der Waals surface area (Å²) in [7, 11) is -2.09. The number of methoxy groups -OCH3 is 1. The van der Waals surface area contributed by atoms with Crippen molar-refractivity contribution < 1.29 is 13.2 Å². The van der Waals surface area contributed by atoms with Gasteiger partial charge in [-0.2, -0.15) is 0 Å². The lowest BCUT2D eigenvalue weighted by molar-refractivity contribution is 0.414. The predicted octanol–water partition coefficient (Wildman–Crippen LogP) is 3.08. The minimum absolute atomic E-state index is 0.0476. The average Bonchev–Trinajstić information content (AvgIpc) is 2.54. The molecule has 0 aliphatic carbocycles. The van der Waals surface area contributed by atoms with Crippen LogP contribution in [0.5, 0.6) is 5.75 Å². The van der Waals surface area contributed by atoms with Gasteiger partial charge in [-0.25, -0.2) is 13.4 Å². The molecule has 21 heavy (non-hydrogen) atoms. The Kier molecular flexibility index (Phi) is 3.35. The summed E-state index contributed by atoms with van der Waals surface area (Å²) >= 11 is 0. The van der Waals surface area contributed by atoms with Crippen molar-refractivity contribution in [1.29, 1.82) is 0 Å². The number of rotatable bonds is 3. The number of benzene rings is 2. The molecule has 0 fully saturated rings. The molecule has 0 unspecified atom stereocenters. The largest absolute Gasteiger partial charge is 0.497 e. The van der Waals surface area contributed by atoms with Crippen molar-refractivity contribution in [3.63, 3.8) is 0 Å². The van der Waals surface area contributed by atoms with Crippen LogP contribution in [0.2, 0.25) is 0 Å².